The Labute approximate surface area is 238 Å². The van der Waals surface area contributed by atoms with Gasteiger partial charge in [0.25, 0.3) is 0 Å². The first kappa shape index (κ1) is 30.0. The Hall–Kier alpha value is -2.97. The van der Waals surface area contributed by atoms with E-state index in [4.69, 9.17) is 4.74 Å². The van der Waals surface area contributed by atoms with E-state index in [1.807, 2.05) is 37.3 Å². The van der Waals surface area contributed by atoms with Gasteiger partial charge in [-0.2, -0.15) is 0 Å². The molecule has 3 aliphatic rings. The molecule has 8 nitrogen and oxygen atoms in total. The number of rotatable bonds is 15. The molecule has 3 heterocycles. The Bertz CT molecular complexity index is 1090. The van der Waals surface area contributed by atoms with Crippen molar-refractivity contribution in [1.82, 2.24) is 14.7 Å². The van der Waals surface area contributed by atoms with E-state index in [2.05, 4.69) is 20.1 Å². The lowest BCUT2D eigenvalue weighted by Gasteiger charge is -2.37. The number of hydrogen-bond acceptors (Lipinski definition) is 5. The molecule has 3 amide bonds. The van der Waals surface area contributed by atoms with Crippen LogP contribution in [-0.4, -0.2) is 87.6 Å². The summed E-state index contributed by atoms with van der Waals surface area (Å²) >= 11 is 0. The smallest absolute Gasteiger partial charge is 0.248 e. The van der Waals surface area contributed by atoms with Gasteiger partial charge in [-0.25, -0.2) is 0 Å². The number of carbonyl (C=O) groups is 3. The molecule has 0 aromatic heterocycles. The summed E-state index contributed by atoms with van der Waals surface area (Å²) in [6, 6.07) is 8.88. The molecule has 5 atom stereocenters. The molecule has 1 aromatic carbocycles. The maximum atomic E-state index is 14.4. The van der Waals surface area contributed by atoms with Crippen molar-refractivity contribution in [2.24, 2.45) is 11.8 Å². The maximum absolute atomic E-state index is 14.4. The molecule has 3 fully saturated rings. The second-order valence-electron chi connectivity index (χ2n) is 11.4. The number of β-amino-alcohol motifs (C(OH)–C–C–N with tert-alkyl or cyclic N) is 1. The van der Waals surface area contributed by atoms with E-state index >= 15 is 0 Å². The highest BCUT2D eigenvalue weighted by molar-refractivity contribution is 5.99. The van der Waals surface area contributed by atoms with Gasteiger partial charge >= 0.3 is 0 Å². The summed E-state index contributed by atoms with van der Waals surface area (Å²) in [6.45, 7) is 13.2. The van der Waals surface area contributed by atoms with E-state index in [9.17, 15) is 19.5 Å². The Morgan fingerprint density at radius 2 is 1.77 bits per heavy atom. The van der Waals surface area contributed by atoms with Gasteiger partial charge in [-0.3, -0.25) is 14.4 Å². The van der Waals surface area contributed by atoms with Crippen molar-refractivity contribution in [3.63, 3.8) is 0 Å². The third-order valence-corrected chi connectivity index (χ3v) is 9.09. The number of ether oxygens (including phenoxy) is 1. The lowest BCUT2D eigenvalue weighted by atomic mass is 9.64. The third kappa shape index (κ3) is 5.12. The van der Waals surface area contributed by atoms with Crippen LogP contribution >= 0.6 is 0 Å². The summed E-state index contributed by atoms with van der Waals surface area (Å²) < 4.78 is 6.88. The predicted octanol–water partition coefficient (Wildman–Crippen LogP) is 3.55. The number of fused-ring (bicyclic) bond motifs is 1. The van der Waals surface area contributed by atoms with Gasteiger partial charge < -0.3 is 24.5 Å². The first-order valence-corrected chi connectivity index (χ1v) is 14.8. The van der Waals surface area contributed by atoms with Crippen LogP contribution in [0, 0.1) is 11.8 Å². The first-order valence-electron chi connectivity index (χ1n) is 14.8. The third-order valence-electron chi connectivity index (χ3n) is 9.09. The average Bonchev–Trinajstić information content (AvgIpc) is 3.56. The van der Waals surface area contributed by atoms with Crippen LogP contribution in [0.3, 0.4) is 0 Å². The second kappa shape index (κ2) is 12.7. The van der Waals surface area contributed by atoms with Crippen LogP contribution < -0.4 is 0 Å². The molecule has 1 N–H and O–H groups in total. The number of hydrogen-bond donors (Lipinski definition) is 1. The molecule has 218 valence electrons. The zero-order chi connectivity index (χ0) is 28.9. The summed E-state index contributed by atoms with van der Waals surface area (Å²) in [6.07, 6.45) is 7.97. The van der Waals surface area contributed by atoms with Crippen LogP contribution in [-0.2, 0) is 25.7 Å². The van der Waals surface area contributed by atoms with Gasteiger partial charge in [0.1, 0.15) is 11.6 Å². The number of likely N-dealkylation sites (tertiary alicyclic amines) is 1. The van der Waals surface area contributed by atoms with Crippen LogP contribution in [0.1, 0.15) is 57.9 Å². The summed E-state index contributed by atoms with van der Waals surface area (Å²) in [5.74, 6) is -2.10. The van der Waals surface area contributed by atoms with Crippen molar-refractivity contribution in [2.75, 3.05) is 32.8 Å². The number of benzene rings is 1. The molecule has 4 rings (SSSR count). The molecule has 2 bridgehead atoms. The van der Waals surface area contributed by atoms with Crippen molar-refractivity contribution in [1.29, 1.82) is 0 Å². The van der Waals surface area contributed by atoms with E-state index in [0.29, 0.717) is 45.4 Å². The van der Waals surface area contributed by atoms with E-state index in [0.717, 1.165) is 24.8 Å². The Morgan fingerprint density at radius 1 is 1.07 bits per heavy atom. The molecule has 8 heteroatoms. The quantitative estimate of drug-likeness (QED) is 0.266. The molecule has 40 heavy (non-hydrogen) atoms. The molecule has 1 aromatic rings. The molecule has 0 radical (unpaired) electrons. The van der Waals surface area contributed by atoms with Gasteiger partial charge in [0.05, 0.1) is 24.0 Å². The summed E-state index contributed by atoms with van der Waals surface area (Å²) in [5, 5.41) is 9.92. The Kier molecular flexibility index (Phi) is 9.52. The number of aliphatic hydroxyl groups excluding tert-OH is 1. The van der Waals surface area contributed by atoms with Gasteiger partial charge in [0, 0.05) is 32.7 Å². The molecule has 3 aliphatic heterocycles. The summed E-state index contributed by atoms with van der Waals surface area (Å²) in [4.78, 5) is 47.8. The number of aliphatic hydroxyl groups is 1. The van der Waals surface area contributed by atoms with Crippen molar-refractivity contribution >= 4 is 17.7 Å². The van der Waals surface area contributed by atoms with Crippen molar-refractivity contribution in [2.45, 2.75) is 76.2 Å². The summed E-state index contributed by atoms with van der Waals surface area (Å²) in [7, 11) is 0. The highest BCUT2D eigenvalue weighted by atomic mass is 16.5. The van der Waals surface area contributed by atoms with E-state index in [-0.39, 0.29) is 30.9 Å². The van der Waals surface area contributed by atoms with E-state index in [1.165, 1.54) is 4.90 Å². The van der Waals surface area contributed by atoms with Crippen LogP contribution in [0.4, 0.5) is 0 Å². The van der Waals surface area contributed by atoms with Crippen LogP contribution in [0.15, 0.2) is 55.6 Å². The van der Waals surface area contributed by atoms with Gasteiger partial charge in [-0.15, -0.1) is 13.2 Å². The van der Waals surface area contributed by atoms with Gasteiger partial charge in [-0.1, -0.05) is 69.2 Å². The molecule has 0 aliphatic carbocycles. The van der Waals surface area contributed by atoms with Gasteiger partial charge in [0.2, 0.25) is 17.7 Å². The second-order valence-corrected chi connectivity index (χ2v) is 11.4. The maximum Gasteiger partial charge on any atom is 0.248 e. The van der Waals surface area contributed by atoms with E-state index in [1.54, 1.807) is 22.0 Å². The first-order chi connectivity index (χ1) is 19.3. The number of nitrogens with zero attached hydrogens (tertiary/aromatic N) is 3. The lowest BCUT2D eigenvalue weighted by Crippen LogP contribution is -2.56. The topological polar surface area (TPSA) is 90.4 Å². The molecule has 3 saturated heterocycles. The largest absolute Gasteiger partial charge is 0.395 e. The fourth-order valence-electron chi connectivity index (χ4n) is 7.28. The zero-order valence-corrected chi connectivity index (χ0v) is 24.1. The minimum atomic E-state index is -1.10. The standard InChI is InChI=1S/C32H45N3O5/c1-5-9-13-20-33(18-6-2)30(39)27-32-17-16-31(8-4,40-32)25(26(32)29(38)35(27)21-22-36)28(37)34(19-7-3)23-24-14-11-10-12-15-24/h6-7,10-12,14-15,25-27,36H,2-3,5,8-9,13,16-23H2,1,4H3/t25-,26-,27?,31+,32?/m0/s1. The van der Waals surface area contributed by atoms with Crippen LogP contribution in [0.5, 0.6) is 0 Å². The van der Waals surface area contributed by atoms with Gasteiger partial charge in [-0.05, 0) is 31.2 Å². The average molecular weight is 552 g/mol. The molecule has 2 unspecified atom stereocenters. The monoisotopic (exact) mass is 551 g/mol. The zero-order valence-electron chi connectivity index (χ0n) is 24.1. The highest BCUT2D eigenvalue weighted by Gasteiger charge is 2.79. The molecular formula is C32H45N3O5. The SMILES string of the molecule is C=CCN(CCCCC)C(=O)C1N(CCO)C(=O)[C@@H]2[C@@H](C(=O)N(CC=C)Cc3ccccc3)[C@@]3(CC)CCC12O3. The fourth-order valence-corrected chi connectivity index (χ4v) is 7.28. The highest BCUT2D eigenvalue weighted by Crippen LogP contribution is 2.64. The fraction of sp³-hybridized carbons (Fsp3) is 0.594. The molecular weight excluding hydrogens is 506 g/mol. The number of unbranched alkanes of at least 4 members (excludes halogenated alkanes) is 2. The summed E-state index contributed by atoms with van der Waals surface area (Å²) in [5.41, 5.74) is -0.930. The normalized spacial score (nSPS) is 28.4. The Balaban J connectivity index is 1.73. The van der Waals surface area contributed by atoms with E-state index < -0.39 is 29.1 Å². The lowest BCUT2D eigenvalue weighted by molar-refractivity contribution is -0.155. The minimum absolute atomic E-state index is 0.0220. The van der Waals surface area contributed by atoms with Crippen molar-refractivity contribution in [3.8, 4) is 0 Å². The molecule has 0 saturated carbocycles. The number of amides is 3. The van der Waals surface area contributed by atoms with Gasteiger partial charge in [0.15, 0.2) is 0 Å². The van der Waals surface area contributed by atoms with Crippen LogP contribution in [0.2, 0.25) is 0 Å². The predicted molar refractivity (Wildman–Crippen MR) is 154 cm³/mol. The van der Waals surface area contributed by atoms with Crippen molar-refractivity contribution < 1.29 is 24.2 Å². The van der Waals surface area contributed by atoms with Crippen molar-refractivity contribution in [3.05, 3.63) is 61.2 Å². The Morgan fingerprint density at radius 3 is 2.40 bits per heavy atom. The minimum Gasteiger partial charge on any atom is -0.395 e. The number of carbonyl (C=O) groups excluding carboxylic acids is 3. The van der Waals surface area contributed by atoms with Crippen LogP contribution in [0.25, 0.3) is 0 Å². The molecule has 1 spiro atoms.